The van der Waals surface area contributed by atoms with E-state index in [9.17, 15) is 9.59 Å². The molecule has 1 aromatic carbocycles. The minimum absolute atomic E-state index is 0.0511. The van der Waals surface area contributed by atoms with E-state index in [1.54, 1.807) is 18.0 Å². The Balaban J connectivity index is 1.22. The minimum Gasteiger partial charge on any atom is -0.369 e. The second-order valence-corrected chi connectivity index (χ2v) is 14.3. The Bertz CT molecular complexity index is 1580. The van der Waals surface area contributed by atoms with E-state index in [1.165, 1.54) is 45.2 Å². The van der Waals surface area contributed by atoms with Crippen molar-refractivity contribution in [1.82, 2.24) is 14.8 Å². The number of thiocarbonyl (C=S) groups is 1. The molecule has 1 aliphatic carbocycles. The van der Waals surface area contributed by atoms with Gasteiger partial charge in [0.25, 0.3) is 11.8 Å². The van der Waals surface area contributed by atoms with Crippen molar-refractivity contribution in [2.75, 3.05) is 19.0 Å². The van der Waals surface area contributed by atoms with Crippen LogP contribution < -0.4 is 4.90 Å². The number of rotatable bonds is 4. The average Bonchev–Trinajstić information content (AvgIpc) is 3.51. The highest BCUT2D eigenvalue weighted by atomic mass is 32.1. The highest BCUT2D eigenvalue weighted by Crippen LogP contribution is 2.44. The summed E-state index contributed by atoms with van der Waals surface area (Å²) < 4.78 is 0.947. The molecular weight excluding hydrogens is 573 g/mol. The van der Waals surface area contributed by atoms with Crippen LogP contribution in [0.5, 0.6) is 0 Å². The fourth-order valence-electron chi connectivity index (χ4n) is 6.25. The van der Waals surface area contributed by atoms with E-state index >= 15 is 0 Å². The third-order valence-electron chi connectivity index (χ3n) is 8.67. The van der Waals surface area contributed by atoms with Crippen LogP contribution in [-0.2, 0) is 9.59 Å². The zero-order chi connectivity index (χ0) is 29.1. The number of benzene rings is 1. The van der Waals surface area contributed by atoms with Gasteiger partial charge in [-0.25, -0.2) is 4.98 Å². The molecule has 3 aromatic rings. The Morgan fingerprint density at radius 1 is 1.05 bits per heavy atom. The van der Waals surface area contributed by atoms with Gasteiger partial charge >= 0.3 is 0 Å². The predicted molar refractivity (Wildman–Crippen MR) is 171 cm³/mol. The number of carbonyl (C=O) groups excluding carboxylic acids is 2. The number of aromatic nitrogens is 1. The van der Waals surface area contributed by atoms with Gasteiger partial charge in [-0.15, -0.1) is 21.6 Å². The van der Waals surface area contributed by atoms with Crippen molar-refractivity contribution in [1.29, 1.82) is 0 Å². The largest absolute Gasteiger partial charge is 0.369 e. The summed E-state index contributed by atoms with van der Waals surface area (Å²) in [5, 5.41) is 9.80. The molecule has 2 aliphatic heterocycles. The summed E-state index contributed by atoms with van der Waals surface area (Å²) in [5.41, 5.74) is 3.62. The van der Waals surface area contributed by atoms with Crippen molar-refractivity contribution in [3.8, 4) is 0 Å². The molecule has 214 valence electrons. The molecule has 0 N–H and O–H groups in total. The number of amides is 2. The zero-order valence-electron chi connectivity index (χ0n) is 24.0. The molecule has 2 fully saturated rings. The Labute approximate surface area is 253 Å². The Morgan fingerprint density at radius 2 is 1.80 bits per heavy atom. The highest BCUT2D eigenvalue weighted by Gasteiger charge is 2.41. The predicted octanol–water partition coefficient (Wildman–Crippen LogP) is 7.80. The Kier molecular flexibility index (Phi) is 7.32. The van der Waals surface area contributed by atoms with Gasteiger partial charge in [0, 0.05) is 36.2 Å². The molecule has 2 aromatic heterocycles. The van der Waals surface area contributed by atoms with Crippen molar-refractivity contribution in [2.45, 2.75) is 76.8 Å². The molecule has 1 unspecified atom stereocenters. The summed E-state index contributed by atoms with van der Waals surface area (Å²) in [6.07, 6.45) is 7.91. The van der Waals surface area contributed by atoms with Crippen molar-refractivity contribution in [3.05, 3.63) is 40.3 Å². The number of hydrogen-bond acceptors (Lipinski definition) is 9. The lowest BCUT2D eigenvalue weighted by molar-refractivity contribution is -0.134. The number of thiazole rings is 1. The number of fused-ring (bicyclic) bond motifs is 2. The van der Waals surface area contributed by atoms with Crippen LogP contribution in [0.3, 0.4) is 0 Å². The van der Waals surface area contributed by atoms with E-state index in [0.29, 0.717) is 16.2 Å². The van der Waals surface area contributed by atoms with Gasteiger partial charge in [0.05, 0.1) is 10.4 Å². The molecule has 1 atom stereocenters. The third-order valence-corrected chi connectivity index (χ3v) is 11.1. The van der Waals surface area contributed by atoms with Crippen LogP contribution in [0.4, 0.5) is 16.5 Å². The fourth-order valence-corrected chi connectivity index (χ4v) is 8.55. The van der Waals surface area contributed by atoms with Crippen molar-refractivity contribution < 1.29 is 9.59 Å². The topological polar surface area (TPSA) is 81.5 Å². The third kappa shape index (κ3) is 5.12. The molecule has 2 amide bonds. The lowest BCUT2D eigenvalue weighted by Crippen LogP contribution is -2.58. The van der Waals surface area contributed by atoms with Gasteiger partial charge in [0.15, 0.2) is 5.11 Å². The molecule has 8 nitrogen and oxygen atoms in total. The number of azo groups is 1. The second kappa shape index (κ2) is 10.7. The number of likely N-dealkylation sites (N-methyl/N-ethyl adjacent to an activating group) is 1. The van der Waals surface area contributed by atoms with Gasteiger partial charge in [-0.1, -0.05) is 37.5 Å². The summed E-state index contributed by atoms with van der Waals surface area (Å²) in [7, 11) is 3.80. The van der Waals surface area contributed by atoms with E-state index in [0.717, 1.165) is 52.2 Å². The highest BCUT2D eigenvalue weighted by molar-refractivity contribution is 7.80. The number of carbonyl (C=O) groups is 2. The second-order valence-electron chi connectivity index (χ2n) is 11.9. The molecule has 1 saturated carbocycles. The van der Waals surface area contributed by atoms with Crippen LogP contribution in [0.15, 0.2) is 40.1 Å². The van der Waals surface area contributed by atoms with Crippen LogP contribution in [-0.4, -0.2) is 57.4 Å². The Hall–Kier alpha value is -3.02. The SMILES string of the molecule is CC1CC(C)(C)N(C)c2ccc(/N=N/c3nc4sc(/C=C5\C(=O)N(C)C(=S)N(C6CCCCC6)C5=O)cc4s3)cc21. The summed E-state index contributed by atoms with van der Waals surface area (Å²) in [4.78, 5) is 38.2. The summed E-state index contributed by atoms with van der Waals surface area (Å²) in [6, 6.07) is 8.28. The summed E-state index contributed by atoms with van der Waals surface area (Å²) in [6.45, 7) is 6.83. The van der Waals surface area contributed by atoms with Crippen molar-refractivity contribution in [2.24, 2.45) is 10.2 Å². The van der Waals surface area contributed by atoms with E-state index in [2.05, 4.69) is 60.1 Å². The first-order chi connectivity index (χ1) is 19.5. The van der Waals surface area contributed by atoms with E-state index < -0.39 is 0 Å². The number of anilines is 1. The lowest BCUT2D eigenvalue weighted by atomic mass is 9.80. The first-order valence-corrected chi connectivity index (χ1v) is 16.1. The molecule has 6 rings (SSSR count). The molecule has 3 aliphatic rings. The smallest absolute Gasteiger partial charge is 0.265 e. The van der Waals surface area contributed by atoms with Gasteiger partial charge in [0.1, 0.15) is 10.4 Å². The molecular formula is C30H34N6O2S3. The fraction of sp³-hybridized carbons (Fsp3) is 0.467. The number of hydrogen-bond donors (Lipinski definition) is 0. The zero-order valence-corrected chi connectivity index (χ0v) is 26.5. The molecule has 0 bridgehead atoms. The molecule has 0 spiro atoms. The maximum atomic E-state index is 13.5. The lowest BCUT2D eigenvalue weighted by Gasteiger charge is -2.45. The van der Waals surface area contributed by atoms with Crippen LogP contribution in [0.1, 0.15) is 75.7 Å². The van der Waals surface area contributed by atoms with Crippen LogP contribution in [0, 0.1) is 0 Å². The van der Waals surface area contributed by atoms with Crippen LogP contribution >= 0.6 is 34.9 Å². The van der Waals surface area contributed by atoms with Crippen molar-refractivity contribution >= 4 is 83.9 Å². The summed E-state index contributed by atoms with van der Waals surface area (Å²) >= 11 is 8.40. The van der Waals surface area contributed by atoms with Gasteiger partial charge in [-0.2, -0.15) is 0 Å². The normalized spacial score (nSPS) is 23.0. The number of thiophene rings is 1. The van der Waals surface area contributed by atoms with Gasteiger partial charge < -0.3 is 4.90 Å². The van der Waals surface area contributed by atoms with Crippen molar-refractivity contribution in [3.63, 3.8) is 0 Å². The molecule has 41 heavy (non-hydrogen) atoms. The Morgan fingerprint density at radius 3 is 2.54 bits per heavy atom. The number of nitrogens with zero attached hydrogens (tertiary/aromatic N) is 6. The first kappa shape index (κ1) is 28.1. The average molecular weight is 607 g/mol. The van der Waals surface area contributed by atoms with E-state index in [-0.39, 0.29) is 29.0 Å². The molecule has 4 heterocycles. The van der Waals surface area contributed by atoms with E-state index in [4.69, 9.17) is 12.2 Å². The van der Waals surface area contributed by atoms with Gasteiger partial charge in [-0.3, -0.25) is 19.4 Å². The van der Waals surface area contributed by atoms with E-state index in [1.807, 2.05) is 12.1 Å². The maximum Gasteiger partial charge on any atom is 0.265 e. The van der Waals surface area contributed by atoms with Crippen LogP contribution in [0.2, 0.25) is 0 Å². The van der Waals surface area contributed by atoms with Gasteiger partial charge in [0.2, 0.25) is 5.13 Å². The molecule has 11 heteroatoms. The summed E-state index contributed by atoms with van der Waals surface area (Å²) in [5.74, 6) is -0.212. The molecule has 0 radical (unpaired) electrons. The first-order valence-electron chi connectivity index (χ1n) is 14.1. The molecule has 1 saturated heterocycles. The maximum absolute atomic E-state index is 13.5. The quantitative estimate of drug-likeness (QED) is 0.131. The standard InChI is InChI=1S/C30H34N6O2S3/c1-17-16-30(2,3)35(5)23-12-11-18(13-21(17)23)32-33-28-31-25-24(41-28)15-20(40-25)14-22-26(37)34(4)29(39)36(27(22)38)19-9-7-6-8-10-19/h11-15,17,19H,6-10,16H2,1-5H3/b22-14+,33-32+. The monoisotopic (exact) mass is 606 g/mol. The van der Waals surface area contributed by atoms with Gasteiger partial charge in [-0.05, 0) is 87.2 Å². The van der Waals surface area contributed by atoms with Crippen LogP contribution in [0.25, 0.3) is 15.6 Å². The minimum atomic E-state index is -0.361.